The standard InChI is InChI=1S/C12H16FN5O4/c1-6(19)7-8(20)12(15,3-2-4-13)9(22-7)18-5-16-10(14)17-11(18)21/h5-9,19-20H,4,15H2,1H3,(H2,14,17,21)/t6-,7-,8+,9-,12?/m1/s1. The van der Waals surface area contributed by atoms with Crippen LogP contribution in [0, 0.1) is 11.8 Å². The topological polar surface area (TPSA) is 150 Å². The van der Waals surface area contributed by atoms with Crippen molar-refractivity contribution >= 4 is 5.95 Å². The Morgan fingerprint density at radius 2 is 2.36 bits per heavy atom. The van der Waals surface area contributed by atoms with E-state index in [1.807, 2.05) is 0 Å². The first-order valence-corrected chi connectivity index (χ1v) is 6.38. The summed E-state index contributed by atoms with van der Waals surface area (Å²) in [5, 5.41) is 19.9. The van der Waals surface area contributed by atoms with Crippen LogP contribution in [0.3, 0.4) is 0 Å². The molecule has 0 saturated carbocycles. The van der Waals surface area contributed by atoms with Gasteiger partial charge < -0.3 is 26.4 Å². The van der Waals surface area contributed by atoms with Crippen molar-refractivity contribution < 1.29 is 19.3 Å². The lowest BCUT2D eigenvalue weighted by atomic mass is 9.90. The highest BCUT2D eigenvalue weighted by Crippen LogP contribution is 2.36. The van der Waals surface area contributed by atoms with E-state index in [2.05, 4.69) is 21.8 Å². The van der Waals surface area contributed by atoms with Gasteiger partial charge in [-0.05, 0) is 6.92 Å². The fraction of sp³-hybridized carbons (Fsp3) is 0.583. The number of anilines is 1. The molecule has 9 nitrogen and oxygen atoms in total. The van der Waals surface area contributed by atoms with E-state index in [0.717, 1.165) is 10.9 Å². The van der Waals surface area contributed by atoms with Crippen LogP contribution in [0.5, 0.6) is 0 Å². The number of aliphatic hydroxyl groups is 2. The Morgan fingerprint density at radius 1 is 1.68 bits per heavy atom. The predicted molar refractivity (Wildman–Crippen MR) is 73.0 cm³/mol. The van der Waals surface area contributed by atoms with Crippen molar-refractivity contribution in [3.63, 3.8) is 0 Å². The van der Waals surface area contributed by atoms with Gasteiger partial charge in [0.2, 0.25) is 5.95 Å². The molecule has 1 aliphatic rings. The summed E-state index contributed by atoms with van der Waals surface area (Å²) in [5.74, 6) is 4.21. The molecule has 0 amide bonds. The van der Waals surface area contributed by atoms with Crippen molar-refractivity contribution in [2.45, 2.75) is 37.0 Å². The molecule has 0 bridgehead atoms. The Bertz CT molecular complexity index is 669. The number of ether oxygens (including phenoxy) is 1. The maximum Gasteiger partial charge on any atom is 0.354 e. The van der Waals surface area contributed by atoms with Gasteiger partial charge in [-0.1, -0.05) is 11.8 Å². The quantitative estimate of drug-likeness (QED) is 0.439. The van der Waals surface area contributed by atoms with Crippen LogP contribution in [0.4, 0.5) is 10.3 Å². The number of alkyl halides is 1. The van der Waals surface area contributed by atoms with Crippen LogP contribution in [-0.2, 0) is 4.74 Å². The van der Waals surface area contributed by atoms with Crippen molar-refractivity contribution in [3.05, 3.63) is 16.8 Å². The van der Waals surface area contributed by atoms with E-state index in [0.29, 0.717) is 0 Å². The van der Waals surface area contributed by atoms with Gasteiger partial charge in [-0.3, -0.25) is 4.57 Å². The average molecular weight is 313 g/mol. The van der Waals surface area contributed by atoms with Gasteiger partial charge in [0.15, 0.2) is 11.8 Å². The monoisotopic (exact) mass is 313 g/mol. The van der Waals surface area contributed by atoms with Crippen molar-refractivity contribution in [1.82, 2.24) is 14.5 Å². The number of rotatable bonds is 2. The molecule has 0 spiro atoms. The van der Waals surface area contributed by atoms with Gasteiger partial charge in [-0.15, -0.1) is 0 Å². The molecule has 0 radical (unpaired) electrons. The number of halogens is 1. The van der Waals surface area contributed by atoms with Crippen LogP contribution in [-0.4, -0.2) is 55.3 Å². The summed E-state index contributed by atoms with van der Waals surface area (Å²) < 4.78 is 18.7. The fourth-order valence-corrected chi connectivity index (χ4v) is 2.27. The highest BCUT2D eigenvalue weighted by Gasteiger charge is 2.56. The minimum atomic E-state index is -1.82. The summed E-state index contributed by atoms with van der Waals surface area (Å²) in [6.45, 7) is 0.381. The number of nitrogen functional groups attached to an aromatic ring is 1. The lowest BCUT2D eigenvalue weighted by Crippen LogP contribution is -2.55. The zero-order chi connectivity index (χ0) is 16.5. The molecule has 22 heavy (non-hydrogen) atoms. The average Bonchev–Trinajstić information content (AvgIpc) is 2.70. The van der Waals surface area contributed by atoms with E-state index in [1.165, 1.54) is 6.92 Å². The second-order valence-corrected chi connectivity index (χ2v) is 4.91. The third-order valence-electron chi connectivity index (χ3n) is 3.34. The molecule has 1 unspecified atom stereocenters. The number of nitrogens with two attached hydrogens (primary N) is 2. The van der Waals surface area contributed by atoms with Gasteiger partial charge in [-0.25, -0.2) is 14.2 Å². The molecule has 1 saturated heterocycles. The molecule has 5 atom stereocenters. The van der Waals surface area contributed by atoms with E-state index >= 15 is 0 Å². The molecule has 1 aromatic heterocycles. The van der Waals surface area contributed by atoms with Crippen molar-refractivity contribution in [3.8, 4) is 11.8 Å². The third kappa shape index (κ3) is 2.67. The normalized spacial score (nSPS) is 32.3. The Balaban J connectivity index is 2.53. The SMILES string of the molecule is C[C@@H](O)[C@H]1O[C@@H](n2cnc(N)nc2=O)C(N)(C#CCF)[C@H]1O. The van der Waals surface area contributed by atoms with E-state index < -0.39 is 42.4 Å². The molecule has 0 aromatic carbocycles. The Kier molecular flexibility index (Phi) is 4.43. The molecule has 2 heterocycles. The van der Waals surface area contributed by atoms with Crippen LogP contribution in [0.1, 0.15) is 13.2 Å². The Hall–Kier alpha value is -2.06. The predicted octanol–water partition coefficient (Wildman–Crippen LogP) is -2.47. The molecule has 6 N–H and O–H groups in total. The minimum absolute atomic E-state index is 0.246. The summed E-state index contributed by atoms with van der Waals surface area (Å²) in [4.78, 5) is 19.0. The van der Waals surface area contributed by atoms with Crippen LogP contribution in [0.2, 0.25) is 0 Å². The van der Waals surface area contributed by atoms with Crippen LogP contribution in [0.15, 0.2) is 11.1 Å². The first-order chi connectivity index (χ1) is 10.3. The van der Waals surface area contributed by atoms with Gasteiger partial charge in [0.05, 0.1) is 6.10 Å². The maximum atomic E-state index is 12.4. The largest absolute Gasteiger partial charge is 0.391 e. The Morgan fingerprint density at radius 3 is 2.91 bits per heavy atom. The molecule has 1 aromatic rings. The van der Waals surface area contributed by atoms with E-state index in [4.69, 9.17) is 16.2 Å². The number of hydrogen-bond acceptors (Lipinski definition) is 8. The lowest BCUT2D eigenvalue weighted by Gasteiger charge is -2.27. The Labute approximate surface area is 124 Å². The molecule has 10 heteroatoms. The zero-order valence-electron chi connectivity index (χ0n) is 11.7. The van der Waals surface area contributed by atoms with E-state index in [1.54, 1.807) is 0 Å². The second-order valence-electron chi connectivity index (χ2n) is 4.91. The third-order valence-corrected chi connectivity index (χ3v) is 3.34. The van der Waals surface area contributed by atoms with E-state index in [9.17, 15) is 19.4 Å². The van der Waals surface area contributed by atoms with Crippen LogP contribution >= 0.6 is 0 Å². The summed E-state index contributed by atoms with van der Waals surface area (Å²) in [6, 6.07) is 0. The molecule has 1 fully saturated rings. The lowest BCUT2D eigenvalue weighted by molar-refractivity contribution is -0.0781. The molecule has 0 aliphatic carbocycles. The van der Waals surface area contributed by atoms with Crippen LogP contribution in [0.25, 0.3) is 0 Å². The molecule has 120 valence electrons. The van der Waals surface area contributed by atoms with Gasteiger partial charge >= 0.3 is 5.69 Å². The summed E-state index contributed by atoms with van der Waals surface area (Å²) in [6.07, 6.45) is -3.95. The van der Waals surface area contributed by atoms with Crippen molar-refractivity contribution in [1.29, 1.82) is 0 Å². The molecular weight excluding hydrogens is 297 g/mol. The van der Waals surface area contributed by atoms with Gasteiger partial charge in [0.25, 0.3) is 0 Å². The highest BCUT2D eigenvalue weighted by atomic mass is 19.1. The molecule has 1 aliphatic heterocycles. The second kappa shape index (κ2) is 5.98. The fourth-order valence-electron chi connectivity index (χ4n) is 2.27. The van der Waals surface area contributed by atoms with E-state index in [-0.39, 0.29) is 5.95 Å². The minimum Gasteiger partial charge on any atom is -0.391 e. The summed E-state index contributed by atoms with van der Waals surface area (Å²) >= 11 is 0. The maximum absolute atomic E-state index is 12.4. The van der Waals surface area contributed by atoms with Crippen molar-refractivity contribution in [2.75, 3.05) is 12.4 Å². The van der Waals surface area contributed by atoms with Crippen molar-refractivity contribution in [2.24, 2.45) is 5.73 Å². The first-order valence-electron chi connectivity index (χ1n) is 6.38. The van der Waals surface area contributed by atoms with Gasteiger partial charge in [-0.2, -0.15) is 4.98 Å². The van der Waals surface area contributed by atoms with Gasteiger partial charge in [0, 0.05) is 0 Å². The summed E-state index contributed by atoms with van der Waals surface area (Å²) in [5.41, 5.74) is 8.68. The molecule has 2 rings (SSSR count). The van der Waals surface area contributed by atoms with Gasteiger partial charge in [0.1, 0.15) is 25.2 Å². The first kappa shape index (κ1) is 16.3. The zero-order valence-corrected chi connectivity index (χ0v) is 11.7. The number of nitrogens with zero attached hydrogens (tertiary/aromatic N) is 3. The summed E-state index contributed by atoms with van der Waals surface area (Å²) in [7, 11) is 0. The number of hydrogen-bond donors (Lipinski definition) is 4. The highest BCUT2D eigenvalue weighted by molar-refractivity contribution is 5.26. The van der Waals surface area contributed by atoms with Crippen LogP contribution < -0.4 is 17.2 Å². The smallest absolute Gasteiger partial charge is 0.354 e. The number of aromatic nitrogens is 3. The number of aliphatic hydroxyl groups excluding tert-OH is 2. The molecular formula is C12H16FN5O4.